The minimum Gasteiger partial charge on any atom is -0.411 e. The minimum atomic E-state index is -1.86. The number of rotatable bonds is 12. The molecule has 0 amide bonds. The van der Waals surface area contributed by atoms with E-state index in [-0.39, 0.29) is 16.9 Å². The molecule has 0 fully saturated rings. The van der Waals surface area contributed by atoms with Crippen molar-refractivity contribution in [2.75, 3.05) is 0 Å². The van der Waals surface area contributed by atoms with E-state index in [0.29, 0.717) is 0 Å². The summed E-state index contributed by atoms with van der Waals surface area (Å²) >= 11 is 0. The highest BCUT2D eigenvalue weighted by Gasteiger charge is 2.38. The normalized spacial score (nSPS) is 13.9. The zero-order chi connectivity index (χ0) is 20.3. The molecule has 1 rings (SSSR count). The SMILES string of the molecule is CCCCCCCC[C@@H](/C=C/C(=O)c1ccccc1)O[Si](C)(C)C(C)(C)C. The van der Waals surface area contributed by atoms with Gasteiger partial charge in [-0.3, -0.25) is 4.79 Å². The van der Waals surface area contributed by atoms with Crippen molar-refractivity contribution >= 4 is 14.1 Å². The minimum absolute atomic E-state index is 0.0322. The van der Waals surface area contributed by atoms with Crippen LogP contribution in [-0.4, -0.2) is 20.2 Å². The molecule has 0 bridgehead atoms. The maximum Gasteiger partial charge on any atom is 0.192 e. The van der Waals surface area contributed by atoms with Gasteiger partial charge in [-0.2, -0.15) is 0 Å². The quantitative estimate of drug-likeness (QED) is 0.160. The van der Waals surface area contributed by atoms with Gasteiger partial charge in [0.15, 0.2) is 14.1 Å². The first-order valence-corrected chi connectivity index (χ1v) is 13.5. The molecule has 0 heterocycles. The summed E-state index contributed by atoms with van der Waals surface area (Å²) < 4.78 is 6.62. The van der Waals surface area contributed by atoms with Gasteiger partial charge >= 0.3 is 0 Å². The second-order valence-corrected chi connectivity index (χ2v) is 13.8. The lowest BCUT2D eigenvalue weighted by Crippen LogP contribution is -2.43. The number of benzene rings is 1. The molecule has 0 aromatic heterocycles. The largest absolute Gasteiger partial charge is 0.411 e. The summed E-state index contributed by atoms with van der Waals surface area (Å²) in [5.41, 5.74) is 0.736. The lowest BCUT2D eigenvalue weighted by Gasteiger charge is -2.38. The predicted octanol–water partition coefficient (Wildman–Crippen LogP) is 7.57. The van der Waals surface area contributed by atoms with Crippen LogP contribution in [0.3, 0.4) is 0 Å². The van der Waals surface area contributed by atoms with Crippen LogP contribution in [0.1, 0.15) is 83.0 Å². The summed E-state index contributed by atoms with van der Waals surface area (Å²) in [6.45, 7) is 13.6. The van der Waals surface area contributed by atoms with Crippen LogP contribution < -0.4 is 0 Å². The number of ketones is 1. The Morgan fingerprint density at radius 2 is 1.63 bits per heavy atom. The molecule has 2 nitrogen and oxygen atoms in total. The zero-order valence-corrected chi connectivity index (χ0v) is 19.4. The van der Waals surface area contributed by atoms with Crippen LogP contribution in [0.2, 0.25) is 18.1 Å². The van der Waals surface area contributed by atoms with E-state index in [4.69, 9.17) is 4.43 Å². The molecule has 0 radical (unpaired) electrons. The fraction of sp³-hybridized carbons (Fsp3) is 0.625. The van der Waals surface area contributed by atoms with Gasteiger partial charge < -0.3 is 4.43 Å². The Kier molecular flexibility index (Phi) is 10.2. The first kappa shape index (κ1) is 23.8. The molecule has 0 aliphatic heterocycles. The van der Waals surface area contributed by atoms with Gasteiger partial charge in [0.25, 0.3) is 0 Å². The van der Waals surface area contributed by atoms with E-state index in [9.17, 15) is 4.79 Å². The molecular formula is C24H40O2Si. The summed E-state index contributed by atoms with van der Waals surface area (Å²) in [6.07, 6.45) is 12.4. The average molecular weight is 389 g/mol. The number of unbranched alkanes of at least 4 members (excludes halogenated alkanes) is 5. The van der Waals surface area contributed by atoms with Gasteiger partial charge in [-0.1, -0.05) is 103 Å². The average Bonchev–Trinajstić information content (AvgIpc) is 2.61. The molecule has 27 heavy (non-hydrogen) atoms. The smallest absolute Gasteiger partial charge is 0.192 e. The van der Waals surface area contributed by atoms with Gasteiger partial charge in [0.05, 0.1) is 6.10 Å². The molecule has 0 saturated carbocycles. The van der Waals surface area contributed by atoms with Crippen molar-refractivity contribution in [1.82, 2.24) is 0 Å². The van der Waals surface area contributed by atoms with E-state index >= 15 is 0 Å². The Hall–Kier alpha value is -1.19. The van der Waals surface area contributed by atoms with Crippen molar-refractivity contribution in [2.45, 2.75) is 96.9 Å². The van der Waals surface area contributed by atoms with Crippen molar-refractivity contribution in [3.8, 4) is 0 Å². The lowest BCUT2D eigenvalue weighted by molar-refractivity contribution is 0.104. The molecule has 1 aromatic carbocycles. The van der Waals surface area contributed by atoms with E-state index in [2.05, 4.69) is 40.8 Å². The van der Waals surface area contributed by atoms with E-state index < -0.39 is 8.32 Å². The maximum absolute atomic E-state index is 12.4. The topological polar surface area (TPSA) is 26.3 Å². The highest BCUT2D eigenvalue weighted by atomic mass is 28.4. The Balaban J connectivity index is 2.71. The van der Waals surface area contributed by atoms with Crippen LogP contribution in [0.15, 0.2) is 42.5 Å². The molecule has 0 spiro atoms. The standard InChI is InChI=1S/C24H40O2Si/c1-7-8-9-10-11-15-18-22(26-27(5,6)24(2,3)4)19-20-23(25)21-16-13-12-14-17-21/h12-14,16-17,19-20,22H,7-11,15,18H2,1-6H3/b20-19+/t22-/m0/s1. The van der Waals surface area contributed by atoms with Crippen molar-refractivity contribution in [2.24, 2.45) is 0 Å². The second kappa shape index (κ2) is 11.6. The number of hydrogen-bond donors (Lipinski definition) is 0. The molecular weight excluding hydrogens is 348 g/mol. The first-order valence-electron chi connectivity index (χ1n) is 10.6. The van der Waals surface area contributed by atoms with Crippen LogP contribution in [0.5, 0.6) is 0 Å². The van der Waals surface area contributed by atoms with Gasteiger partial charge in [-0.25, -0.2) is 0 Å². The summed E-state index contributed by atoms with van der Waals surface area (Å²) in [5.74, 6) is 0.0578. The third-order valence-electron chi connectivity index (χ3n) is 5.61. The van der Waals surface area contributed by atoms with Crippen molar-refractivity contribution < 1.29 is 9.22 Å². The number of carbonyl (C=O) groups is 1. The van der Waals surface area contributed by atoms with Gasteiger partial charge in [-0.05, 0) is 30.6 Å². The van der Waals surface area contributed by atoms with E-state index in [1.807, 2.05) is 36.4 Å². The van der Waals surface area contributed by atoms with Crippen LogP contribution in [0.25, 0.3) is 0 Å². The zero-order valence-electron chi connectivity index (χ0n) is 18.4. The van der Waals surface area contributed by atoms with E-state index in [1.54, 1.807) is 6.08 Å². The monoisotopic (exact) mass is 388 g/mol. The highest BCUT2D eigenvalue weighted by molar-refractivity contribution is 6.74. The fourth-order valence-electron chi connectivity index (χ4n) is 2.77. The second-order valence-electron chi connectivity index (χ2n) is 9.06. The summed E-state index contributed by atoms with van der Waals surface area (Å²) in [7, 11) is -1.86. The Morgan fingerprint density at radius 1 is 1.04 bits per heavy atom. The molecule has 0 aliphatic carbocycles. The van der Waals surface area contributed by atoms with Gasteiger partial charge in [0.1, 0.15) is 0 Å². The van der Waals surface area contributed by atoms with Crippen LogP contribution in [-0.2, 0) is 4.43 Å². The lowest BCUT2D eigenvalue weighted by atomic mass is 10.1. The Morgan fingerprint density at radius 3 is 2.22 bits per heavy atom. The third-order valence-corrected chi connectivity index (χ3v) is 10.1. The summed E-state index contributed by atoms with van der Waals surface area (Å²) in [5, 5.41) is 0.170. The maximum atomic E-state index is 12.4. The molecule has 1 atom stereocenters. The predicted molar refractivity (Wildman–Crippen MR) is 120 cm³/mol. The number of carbonyl (C=O) groups excluding carboxylic acids is 1. The van der Waals surface area contributed by atoms with E-state index in [0.717, 1.165) is 18.4 Å². The molecule has 0 saturated heterocycles. The molecule has 0 aliphatic rings. The van der Waals surface area contributed by atoms with Crippen LogP contribution in [0, 0.1) is 0 Å². The molecule has 0 N–H and O–H groups in total. The summed E-state index contributed by atoms with van der Waals surface area (Å²) in [4.78, 5) is 12.4. The van der Waals surface area contributed by atoms with Crippen molar-refractivity contribution in [1.29, 1.82) is 0 Å². The molecule has 0 unspecified atom stereocenters. The molecule has 1 aromatic rings. The molecule has 3 heteroatoms. The van der Waals surface area contributed by atoms with Crippen LogP contribution >= 0.6 is 0 Å². The van der Waals surface area contributed by atoms with Crippen molar-refractivity contribution in [3.05, 3.63) is 48.0 Å². The Labute approximate surface area is 168 Å². The molecule has 152 valence electrons. The van der Waals surface area contributed by atoms with E-state index in [1.165, 1.54) is 32.1 Å². The van der Waals surface area contributed by atoms with Crippen molar-refractivity contribution in [3.63, 3.8) is 0 Å². The van der Waals surface area contributed by atoms with Gasteiger partial charge in [-0.15, -0.1) is 0 Å². The summed E-state index contributed by atoms with van der Waals surface area (Å²) in [6, 6.07) is 9.47. The number of hydrogen-bond acceptors (Lipinski definition) is 2. The van der Waals surface area contributed by atoms with Gasteiger partial charge in [0.2, 0.25) is 0 Å². The Bertz CT molecular complexity index is 570. The highest BCUT2D eigenvalue weighted by Crippen LogP contribution is 2.38. The van der Waals surface area contributed by atoms with Gasteiger partial charge in [0, 0.05) is 5.56 Å². The fourth-order valence-corrected chi connectivity index (χ4v) is 4.08. The third kappa shape index (κ3) is 9.03. The van der Waals surface area contributed by atoms with Crippen LogP contribution in [0.4, 0.5) is 0 Å². The first-order chi connectivity index (χ1) is 12.7. The number of allylic oxidation sites excluding steroid dienone is 1.